The molecular weight excluding hydrogens is 428 g/mol. The number of carbonyl (C=O) groups is 3. The summed E-state index contributed by atoms with van der Waals surface area (Å²) in [6.45, 7) is 3.96. The molecule has 2 heterocycles. The molecule has 1 aromatic carbocycles. The summed E-state index contributed by atoms with van der Waals surface area (Å²) in [5.74, 6) is 0.792. The number of nitrogens with zero attached hydrogens (tertiary/aromatic N) is 1. The predicted molar refractivity (Wildman–Crippen MR) is 124 cm³/mol. The number of hydrogen-bond acceptors (Lipinski definition) is 6. The Hall–Kier alpha value is -3.72. The van der Waals surface area contributed by atoms with Gasteiger partial charge in [0, 0.05) is 32.3 Å². The Morgan fingerprint density at radius 2 is 1.84 bits per heavy atom. The van der Waals surface area contributed by atoms with Crippen LogP contribution in [0.4, 0.5) is 10.5 Å². The van der Waals surface area contributed by atoms with Crippen LogP contribution in [-0.2, 0) is 6.54 Å². The maximum Gasteiger partial charge on any atom is 0.319 e. The van der Waals surface area contributed by atoms with Crippen molar-refractivity contribution in [3.63, 3.8) is 0 Å². The Morgan fingerprint density at radius 1 is 1.09 bits per heavy atom. The first-order valence-corrected chi connectivity index (χ1v) is 10.9. The van der Waals surface area contributed by atoms with Crippen molar-refractivity contribution >= 4 is 34.7 Å². The average Bonchev–Trinajstić information content (AvgIpc) is 3.17. The first kappa shape index (κ1) is 23.0. The molecule has 0 radical (unpaired) electrons. The Balaban J connectivity index is 1.56. The first-order valence-electron chi connectivity index (χ1n) is 10.0. The molecule has 0 spiro atoms. The maximum atomic E-state index is 12.3. The molecule has 0 bridgehead atoms. The number of aromatic nitrogens is 1. The molecule has 3 aromatic rings. The number of thiophene rings is 1. The number of hydrogen-bond donors (Lipinski definition) is 3. The lowest BCUT2D eigenvalue weighted by atomic mass is 10.2. The van der Waals surface area contributed by atoms with Crippen molar-refractivity contribution in [1.29, 1.82) is 0 Å². The van der Waals surface area contributed by atoms with Crippen molar-refractivity contribution in [2.75, 3.05) is 12.4 Å². The molecule has 0 saturated carbocycles. The molecule has 9 heteroatoms. The highest BCUT2D eigenvalue weighted by Crippen LogP contribution is 2.29. The van der Waals surface area contributed by atoms with Crippen LogP contribution in [0.25, 0.3) is 0 Å². The highest BCUT2D eigenvalue weighted by atomic mass is 32.1. The van der Waals surface area contributed by atoms with E-state index >= 15 is 0 Å². The van der Waals surface area contributed by atoms with E-state index in [1.54, 1.807) is 31.2 Å². The summed E-state index contributed by atoms with van der Waals surface area (Å²) < 4.78 is 5.77. The van der Waals surface area contributed by atoms with E-state index in [0.29, 0.717) is 35.0 Å². The molecule has 0 aliphatic carbocycles. The average molecular weight is 453 g/mol. The lowest BCUT2D eigenvalue weighted by Crippen LogP contribution is -2.28. The third-order valence-corrected chi connectivity index (χ3v) is 5.73. The van der Waals surface area contributed by atoms with Gasteiger partial charge in [-0.1, -0.05) is 19.1 Å². The van der Waals surface area contributed by atoms with Crippen LogP contribution in [0.1, 0.15) is 44.6 Å². The summed E-state index contributed by atoms with van der Waals surface area (Å²) in [4.78, 5) is 40.6. The van der Waals surface area contributed by atoms with Gasteiger partial charge in [0.05, 0.1) is 10.6 Å². The zero-order valence-corrected chi connectivity index (χ0v) is 18.8. The lowest BCUT2D eigenvalue weighted by Gasteiger charge is -2.10. The summed E-state index contributed by atoms with van der Waals surface area (Å²) >= 11 is 1.34. The monoisotopic (exact) mass is 452 g/mol. The van der Waals surface area contributed by atoms with Crippen LogP contribution >= 0.6 is 11.3 Å². The van der Waals surface area contributed by atoms with Crippen LogP contribution in [0.2, 0.25) is 0 Å². The molecule has 3 N–H and O–H groups in total. The molecular formula is C23H24N4O4S. The number of ether oxygens (including phenoxy) is 1. The highest BCUT2D eigenvalue weighted by Gasteiger charge is 2.16. The van der Waals surface area contributed by atoms with Gasteiger partial charge in [0.2, 0.25) is 0 Å². The molecule has 3 amide bonds. The number of amides is 3. The second-order valence-corrected chi connectivity index (χ2v) is 7.79. The number of benzene rings is 1. The highest BCUT2D eigenvalue weighted by molar-refractivity contribution is 7.13. The van der Waals surface area contributed by atoms with Gasteiger partial charge < -0.3 is 20.7 Å². The lowest BCUT2D eigenvalue weighted by molar-refractivity contribution is 0.0956. The molecule has 0 saturated heterocycles. The van der Waals surface area contributed by atoms with Crippen LogP contribution in [0.5, 0.6) is 11.5 Å². The topological polar surface area (TPSA) is 109 Å². The van der Waals surface area contributed by atoms with Crippen LogP contribution in [-0.4, -0.2) is 29.8 Å². The van der Waals surface area contributed by atoms with Gasteiger partial charge >= 0.3 is 6.03 Å². The van der Waals surface area contributed by atoms with Gasteiger partial charge in [-0.25, -0.2) is 4.79 Å². The Kier molecular flexibility index (Phi) is 7.56. The minimum Gasteiger partial charge on any atom is -0.457 e. The molecule has 0 aliphatic rings. The third-order valence-electron chi connectivity index (χ3n) is 4.59. The van der Waals surface area contributed by atoms with Crippen LogP contribution in [0, 0.1) is 6.92 Å². The number of urea groups is 1. The molecule has 0 aliphatic heterocycles. The summed E-state index contributed by atoms with van der Waals surface area (Å²) in [5, 5.41) is 9.95. The number of rotatable bonds is 8. The molecule has 166 valence electrons. The van der Waals surface area contributed by atoms with E-state index in [-0.39, 0.29) is 23.4 Å². The van der Waals surface area contributed by atoms with Crippen molar-refractivity contribution in [3.8, 4) is 11.5 Å². The summed E-state index contributed by atoms with van der Waals surface area (Å²) in [7, 11) is 1.54. The van der Waals surface area contributed by atoms with E-state index in [2.05, 4.69) is 20.9 Å². The Morgan fingerprint density at radius 3 is 2.53 bits per heavy atom. The van der Waals surface area contributed by atoms with Crippen molar-refractivity contribution in [1.82, 2.24) is 15.6 Å². The number of ketones is 1. The van der Waals surface area contributed by atoms with E-state index in [1.807, 2.05) is 24.4 Å². The number of nitrogens with one attached hydrogen (secondary N) is 3. The molecule has 2 aromatic heterocycles. The van der Waals surface area contributed by atoms with Gasteiger partial charge in [-0.15, -0.1) is 11.3 Å². The minimum atomic E-state index is -0.379. The van der Waals surface area contributed by atoms with Gasteiger partial charge in [-0.2, -0.15) is 0 Å². The largest absolute Gasteiger partial charge is 0.457 e. The summed E-state index contributed by atoms with van der Waals surface area (Å²) in [6, 6.07) is 10.1. The number of carbonyl (C=O) groups excluding carboxylic acids is 3. The van der Waals surface area contributed by atoms with Crippen molar-refractivity contribution < 1.29 is 19.1 Å². The van der Waals surface area contributed by atoms with Gasteiger partial charge in [0.25, 0.3) is 5.91 Å². The Bertz CT molecular complexity index is 1130. The van der Waals surface area contributed by atoms with E-state index in [9.17, 15) is 14.4 Å². The fraction of sp³-hybridized carbons (Fsp3) is 0.217. The summed E-state index contributed by atoms with van der Waals surface area (Å²) in [6.07, 6.45) is 1.89. The van der Waals surface area contributed by atoms with Crippen molar-refractivity contribution in [3.05, 3.63) is 69.7 Å². The SMILES string of the molecule is CCC(=O)c1scc(C)c1NC(=O)NCc1ccc(Oc2ccnc(C(=O)NC)c2)cc1. The van der Waals surface area contributed by atoms with Crippen molar-refractivity contribution in [2.45, 2.75) is 26.8 Å². The predicted octanol–water partition coefficient (Wildman–Crippen LogP) is 4.52. The first-order chi connectivity index (χ1) is 15.4. The molecule has 32 heavy (non-hydrogen) atoms. The quantitative estimate of drug-likeness (QED) is 0.436. The molecule has 8 nitrogen and oxygen atoms in total. The molecule has 3 rings (SSSR count). The number of Topliss-reactive ketones (excluding diaryl/α,β-unsaturated/α-hetero) is 1. The van der Waals surface area contributed by atoms with Crippen LogP contribution in [0.3, 0.4) is 0 Å². The van der Waals surface area contributed by atoms with Crippen LogP contribution < -0.4 is 20.7 Å². The fourth-order valence-corrected chi connectivity index (χ4v) is 3.86. The number of anilines is 1. The molecule has 0 atom stereocenters. The minimum absolute atomic E-state index is 0.00521. The molecule has 0 fully saturated rings. The normalized spacial score (nSPS) is 10.3. The zero-order valence-electron chi connectivity index (χ0n) is 18.0. The van der Waals surface area contributed by atoms with E-state index in [0.717, 1.165) is 11.1 Å². The fourth-order valence-electron chi connectivity index (χ4n) is 2.84. The van der Waals surface area contributed by atoms with E-state index in [4.69, 9.17) is 4.74 Å². The second-order valence-electron chi connectivity index (χ2n) is 6.91. The van der Waals surface area contributed by atoms with Gasteiger partial charge in [-0.3, -0.25) is 14.6 Å². The number of pyridine rings is 1. The zero-order chi connectivity index (χ0) is 23.1. The smallest absolute Gasteiger partial charge is 0.319 e. The number of aryl methyl sites for hydroxylation is 1. The van der Waals surface area contributed by atoms with Crippen LogP contribution in [0.15, 0.2) is 48.0 Å². The van der Waals surface area contributed by atoms with Gasteiger partial charge in [0.15, 0.2) is 5.78 Å². The van der Waals surface area contributed by atoms with Gasteiger partial charge in [0.1, 0.15) is 17.2 Å². The van der Waals surface area contributed by atoms with E-state index < -0.39 is 0 Å². The van der Waals surface area contributed by atoms with Crippen molar-refractivity contribution in [2.24, 2.45) is 0 Å². The van der Waals surface area contributed by atoms with E-state index in [1.165, 1.54) is 24.6 Å². The maximum absolute atomic E-state index is 12.3. The second kappa shape index (κ2) is 10.5. The molecule has 0 unspecified atom stereocenters. The third kappa shape index (κ3) is 5.70. The van der Waals surface area contributed by atoms with Gasteiger partial charge in [-0.05, 0) is 41.6 Å². The summed E-state index contributed by atoms with van der Waals surface area (Å²) in [5.41, 5.74) is 2.57. The Labute approximate surface area is 190 Å². The standard InChI is InChI=1S/C23H24N4O4S/c1-4-19(28)21-20(14(2)13-32-21)27-23(30)26-12-15-5-7-16(8-6-15)31-17-9-10-25-18(11-17)22(29)24-3/h5-11,13H,4,12H2,1-3H3,(H,24,29)(H2,26,27,30).